The van der Waals surface area contributed by atoms with Gasteiger partial charge < -0.3 is 0 Å². The van der Waals surface area contributed by atoms with Crippen LogP contribution < -0.4 is 0 Å². The standard InChI is InChI=1S/C9H5N5O2S2/c15-14(16)5-1-2-6-7(3-5)17-9(12-6)18-8-10-4-11-13-8/h1-4H,(H,10,11,13). The number of nitro groups is 1. The summed E-state index contributed by atoms with van der Waals surface area (Å²) < 4.78 is 1.53. The molecular weight excluding hydrogens is 274 g/mol. The van der Waals surface area contributed by atoms with Crippen LogP contribution in [0.4, 0.5) is 5.69 Å². The first-order valence-electron chi connectivity index (χ1n) is 4.81. The number of hydrogen-bond acceptors (Lipinski definition) is 7. The van der Waals surface area contributed by atoms with Crippen LogP contribution in [0.15, 0.2) is 34.0 Å². The topological polar surface area (TPSA) is 97.6 Å². The van der Waals surface area contributed by atoms with Gasteiger partial charge in [-0.1, -0.05) is 0 Å². The molecule has 9 heteroatoms. The van der Waals surface area contributed by atoms with Gasteiger partial charge in [0.1, 0.15) is 6.33 Å². The van der Waals surface area contributed by atoms with E-state index in [1.807, 2.05) is 0 Å². The van der Waals surface area contributed by atoms with E-state index in [-0.39, 0.29) is 5.69 Å². The zero-order valence-corrected chi connectivity index (χ0v) is 10.4. The highest BCUT2D eigenvalue weighted by atomic mass is 32.2. The molecule has 1 N–H and O–H groups in total. The summed E-state index contributed by atoms with van der Waals surface area (Å²) in [4.78, 5) is 18.6. The van der Waals surface area contributed by atoms with E-state index in [0.717, 1.165) is 14.6 Å². The van der Waals surface area contributed by atoms with Crippen molar-refractivity contribution in [3.05, 3.63) is 34.6 Å². The Kier molecular flexibility index (Phi) is 2.68. The smallest absolute Gasteiger partial charge is 0.265 e. The lowest BCUT2D eigenvalue weighted by Crippen LogP contribution is -1.85. The molecule has 18 heavy (non-hydrogen) atoms. The normalized spacial score (nSPS) is 10.9. The molecule has 0 amide bonds. The molecule has 0 aliphatic carbocycles. The summed E-state index contributed by atoms with van der Waals surface area (Å²) in [5, 5.41) is 17.8. The largest absolute Gasteiger partial charge is 0.270 e. The quantitative estimate of drug-likeness (QED) is 0.584. The third-order valence-corrected chi connectivity index (χ3v) is 4.09. The van der Waals surface area contributed by atoms with Crippen molar-refractivity contribution >= 4 is 39.0 Å². The summed E-state index contributed by atoms with van der Waals surface area (Å²) >= 11 is 2.70. The molecule has 1 aromatic carbocycles. The lowest BCUT2D eigenvalue weighted by molar-refractivity contribution is -0.384. The van der Waals surface area contributed by atoms with Crippen molar-refractivity contribution < 1.29 is 4.92 Å². The molecular formula is C9H5N5O2S2. The van der Waals surface area contributed by atoms with Gasteiger partial charge in [0, 0.05) is 12.1 Å². The molecule has 2 aromatic heterocycles. The van der Waals surface area contributed by atoms with Crippen LogP contribution in [0.1, 0.15) is 0 Å². The van der Waals surface area contributed by atoms with Crippen LogP contribution in [0.3, 0.4) is 0 Å². The molecule has 7 nitrogen and oxygen atoms in total. The molecule has 0 spiro atoms. The number of non-ortho nitro benzene ring substituents is 1. The summed E-state index contributed by atoms with van der Waals surface area (Å²) in [6.07, 6.45) is 1.49. The van der Waals surface area contributed by atoms with Crippen molar-refractivity contribution in [3.63, 3.8) is 0 Å². The molecule has 0 radical (unpaired) electrons. The zero-order chi connectivity index (χ0) is 12.5. The summed E-state index contributed by atoms with van der Waals surface area (Å²) in [5.74, 6) is 0. The number of nitrogens with zero attached hydrogens (tertiary/aromatic N) is 4. The fraction of sp³-hybridized carbons (Fsp3) is 0. The Labute approximate surface area is 108 Å². The highest BCUT2D eigenvalue weighted by Crippen LogP contribution is 2.33. The second-order valence-corrected chi connectivity index (χ2v) is 5.52. The number of fused-ring (bicyclic) bond motifs is 1. The van der Waals surface area contributed by atoms with Crippen LogP contribution in [0.2, 0.25) is 0 Å². The van der Waals surface area contributed by atoms with Crippen molar-refractivity contribution in [2.45, 2.75) is 9.50 Å². The second-order valence-electron chi connectivity index (χ2n) is 3.27. The summed E-state index contributed by atoms with van der Waals surface area (Å²) in [5.41, 5.74) is 0.809. The van der Waals surface area contributed by atoms with E-state index in [9.17, 15) is 10.1 Å². The Hall–Kier alpha value is -2.00. The third kappa shape index (κ3) is 2.05. The van der Waals surface area contributed by atoms with Gasteiger partial charge in [-0.25, -0.2) is 9.97 Å². The van der Waals surface area contributed by atoms with Crippen LogP contribution in [0, 0.1) is 10.1 Å². The number of nitrogens with one attached hydrogen (secondary N) is 1. The van der Waals surface area contributed by atoms with Crippen LogP contribution in [-0.2, 0) is 0 Å². The maximum atomic E-state index is 10.7. The highest BCUT2D eigenvalue weighted by Gasteiger charge is 2.11. The van der Waals surface area contributed by atoms with E-state index in [2.05, 4.69) is 20.2 Å². The van der Waals surface area contributed by atoms with E-state index in [1.165, 1.54) is 41.6 Å². The average molecular weight is 279 g/mol. The molecule has 90 valence electrons. The van der Waals surface area contributed by atoms with Gasteiger partial charge in [-0.15, -0.1) is 16.4 Å². The monoisotopic (exact) mass is 279 g/mol. The molecule has 0 fully saturated rings. The number of hydrogen-bond donors (Lipinski definition) is 1. The number of thiazole rings is 1. The number of aromatic nitrogens is 4. The van der Waals surface area contributed by atoms with E-state index in [4.69, 9.17) is 0 Å². The van der Waals surface area contributed by atoms with Gasteiger partial charge in [-0.2, -0.15) is 0 Å². The van der Waals surface area contributed by atoms with Gasteiger partial charge in [0.2, 0.25) is 5.16 Å². The van der Waals surface area contributed by atoms with Crippen molar-refractivity contribution in [3.8, 4) is 0 Å². The van der Waals surface area contributed by atoms with Crippen LogP contribution in [-0.4, -0.2) is 25.1 Å². The number of nitro benzene ring substituents is 1. The predicted molar refractivity (Wildman–Crippen MR) is 66.8 cm³/mol. The Morgan fingerprint density at radius 3 is 3.06 bits per heavy atom. The van der Waals surface area contributed by atoms with Gasteiger partial charge in [-0.05, 0) is 17.8 Å². The lowest BCUT2D eigenvalue weighted by Gasteiger charge is -1.88. The SMILES string of the molecule is O=[N+]([O-])c1ccc2nc(Sc3nc[nH]n3)sc2c1. The van der Waals surface area contributed by atoms with E-state index < -0.39 is 4.92 Å². The van der Waals surface area contributed by atoms with Crippen molar-refractivity contribution in [2.75, 3.05) is 0 Å². The fourth-order valence-electron chi connectivity index (χ4n) is 1.37. The molecule has 0 saturated carbocycles. The van der Waals surface area contributed by atoms with Crippen molar-refractivity contribution in [1.82, 2.24) is 20.2 Å². The van der Waals surface area contributed by atoms with Crippen LogP contribution in [0.5, 0.6) is 0 Å². The Morgan fingerprint density at radius 2 is 2.33 bits per heavy atom. The molecule has 3 rings (SSSR count). The number of aromatic amines is 1. The predicted octanol–water partition coefficient (Wildman–Crippen LogP) is 2.47. The maximum absolute atomic E-state index is 10.7. The van der Waals surface area contributed by atoms with Gasteiger partial charge in [0.15, 0.2) is 4.34 Å². The van der Waals surface area contributed by atoms with Crippen LogP contribution in [0.25, 0.3) is 10.2 Å². The third-order valence-electron chi connectivity index (χ3n) is 2.13. The first-order chi connectivity index (χ1) is 8.72. The zero-order valence-electron chi connectivity index (χ0n) is 8.73. The van der Waals surface area contributed by atoms with E-state index in [1.54, 1.807) is 6.07 Å². The minimum absolute atomic E-state index is 0.0700. The molecule has 0 unspecified atom stereocenters. The van der Waals surface area contributed by atoms with E-state index in [0.29, 0.717) is 5.16 Å². The number of rotatable bonds is 3. The average Bonchev–Trinajstić information content (AvgIpc) is 2.96. The molecule has 0 aliphatic heterocycles. The first kappa shape index (κ1) is 11.1. The summed E-state index contributed by atoms with van der Waals surface area (Å²) in [6, 6.07) is 4.62. The molecule has 2 heterocycles. The molecule has 0 saturated heterocycles. The molecule has 0 aliphatic rings. The van der Waals surface area contributed by atoms with Gasteiger partial charge in [-0.3, -0.25) is 15.2 Å². The van der Waals surface area contributed by atoms with E-state index >= 15 is 0 Å². The number of benzene rings is 1. The van der Waals surface area contributed by atoms with Crippen LogP contribution >= 0.6 is 23.1 Å². The van der Waals surface area contributed by atoms with Gasteiger partial charge >= 0.3 is 0 Å². The number of H-pyrrole nitrogens is 1. The lowest BCUT2D eigenvalue weighted by atomic mass is 10.3. The molecule has 0 atom stereocenters. The Balaban J connectivity index is 1.98. The summed E-state index contributed by atoms with van der Waals surface area (Å²) in [6.45, 7) is 0. The minimum Gasteiger partial charge on any atom is -0.265 e. The first-order valence-corrected chi connectivity index (χ1v) is 6.44. The van der Waals surface area contributed by atoms with Gasteiger partial charge in [0.05, 0.1) is 15.1 Å². The Morgan fingerprint density at radius 1 is 1.44 bits per heavy atom. The second kappa shape index (κ2) is 4.35. The highest BCUT2D eigenvalue weighted by molar-refractivity contribution is 8.01. The Bertz CT molecular complexity index is 709. The maximum Gasteiger partial charge on any atom is 0.270 e. The van der Waals surface area contributed by atoms with Gasteiger partial charge in [0.25, 0.3) is 5.69 Å². The molecule has 0 bridgehead atoms. The minimum atomic E-state index is -0.415. The summed E-state index contributed by atoms with van der Waals surface area (Å²) in [7, 11) is 0. The fourth-order valence-corrected chi connectivity index (χ4v) is 3.27. The van der Waals surface area contributed by atoms with Crippen molar-refractivity contribution in [2.24, 2.45) is 0 Å². The van der Waals surface area contributed by atoms with Crippen molar-refractivity contribution in [1.29, 1.82) is 0 Å². The molecule has 3 aromatic rings.